The first-order valence-corrected chi connectivity index (χ1v) is 11.5. The van der Waals surface area contributed by atoms with Crippen LogP contribution in [0.2, 0.25) is 0 Å². The Morgan fingerprint density at radius 2 is 2.13 bits per heavy atom. The number of anilines is 2. The number of amides is 1. The van der Waals surface area contributed by atoms with Gasteiger partial charge in [0.15, 0.2) is 11.0 Å². The molecule has 7 nitrogen and oxygen atoms in total. The number of carbonyl (C=O) groups excluding carboxylic acids is 1. The zero-order chi connectivity index (χ0) is 22.0. The lowest BCUT2D eigenvalue weighted by molar-refractivity contribution is -0.113. The maximum absolute atomic E-state index is 12.5. The van der Waals surface area contributed by atoms with Crippen molar-refractivity contribution in [3.8, 4) is 10.7 Å². The Bertz CT molecular complexity index is 1280. The molecule has 4 rings (SSSR count). The number of thioether (sulfide) groups is 1. The van der Waals surface area contributed by atoms with Gasteiger partial charge in [0.25, 0.3) is 0 Å². The minimum absolute atomic E-state index is 0.0982. The van der Waals surface area contributed by atoms with Gasteiger partial charge in [-0.1, -0.05) is 30.0 Å². The number of allylic oxidation sites excluding steroid dienone is 1. The number of hydrogen-bond acceptors (Lipinski definition) is 7. The average molecular weight is 451 g/mol. The van der Waals surface area contributed by atoms with Crippen LogP contribution in [0.3, 0.4) is 0 Å². The molecule has 0 radical (unpaired) electrons. The van der Waals surface area contributed by atoms with E-state index in [1.165, 1.54) is 23.1 Å². The normalized spacial score (nSPS) is 11.0. The van der Waals surface area contributed by atoms with E-state index in [0.29, 0.717) is 23.2 Å². The van der Waals surface area contributed by atoms with Crippen molar-refractivity contribution in [3.63, 3.8) is 0 Å². The van der Waals surface area contributed by atoms with Crippen LogP contribution in [0.25, 0.3) is 20.9 Å². The molecular weight excluding hydrogens is 428 g/mol. The summed E-state index contributed by atoms with van der Waals surface area (Å²) in [5.74, 6) is 0.767. The van der Waals surface area contributed by atoms with Crippen molar-refractivity contribution in [2.24, 2.45) is 0 Å². The summed E-state index contributed by atoms with van der Waals surface area (Å²) in [5, 5.41) is 13.2. The summed E-state index contributed by atoms with van der Waals surface area (Å²) in [6, 6.07) is 9.66. The summed E-state index contributed by atoms with van der Waals surface area (Å²) >= 11 is 2.81. The van der Waals surface area contributed by atoms with Gasteiger partial charge in [0.2, 0.25) is 5.91 Å². The largest absolute Gasteiger partial charge is 0.397 e. The number of pyridine rings is 1. The predicted molar refractivity (Wildman–Crippen MR) is 129 cm³/mol. The van der Waals surface area contributed by atoms with E-state index in [-0.39, 0.29) is 11.7 Å². The molecule has 0 aliphatic heterocycles. The van der Waals surface area contributed by atoms with Crippen LogP contribution in [-0.4, -0.2) is 31.4 Å². The van der Waals surface area contributed by atoms with Crippen molar-refractivity contribution in [3.05, 3.63) is 60.3 Å². The van der Waals surface area contributed by atoms with Crippen LogP contribution >= 0.6 is 23.1 Å². The number of aryl methyl sites for hydroxylation is 1. The predicted octanol–water partition coefficient (Wildman–Crippen LogP) is 4.67. The fraction of sp³-hybridized carbons (Fsp3) is 0.182. The van der Waals surface area contributed by atoms with Crippen LogP contribution in [0.1, 0.15) is 11.1 Å². The Hall–Kier alpha value is -3.17. The van der Waals surface area contributed by atoms with Crippen LogP contribution < -0.4 is 11.1 Å². The molecule has 0 spiro atoms. The van der Waals surface area contributed by atoms with Crippen molar-refractivity contribution < 1.29 is 4.79 Å². The lowest BCUT2D eigenvalue weighted by Gasteiger charge is -2.10. The molecule has 158 valence electrons. The molecule has 1 aromatic carbocycles. The van der Waals surface area contributed by atoms with E-state index in [0.717, 1.165) is 31.9 Å². The van der Waals surface area contributed by atoms with Gasteiger partial charge in [-0.3, -0.25) is 9.36 Å². The Kier molecular flexibility index (Phi) is 6.06. The van der Waals surface area contributed by atoms with E-state index in [9.17, 15) is 4.79 Å². The average Bonchev–Trinajstić information content (AvgIpc) is 3.31. The summed E-state index contributed by atoms with van der Waals surface area (Å²) < 4.78 is 1.92. The monoisotopic (exact) mass is 450 g/mol. The molecule has 3 N–H and O–H groups in total. The third-order valence-electron chi connectivity index (χ3n) is 4.95. The van der Waals surface area contributed by atoms with Gasteiger partial charge < -0.3 is 11.1 Å². The molecule has 0 atom stereocenters. The molecule has 3 aromatic heterocycles. The number of nitrogens with zero attached hydrogens (tertiary/aromatic N) is 4. The van der Waals surface area contributed by atoms with Gasteiger partial charge in [-0.25, -0.2) is 4.98 Å². The first-order chi connectivity index (χ1) is 15.0. The Labute approximate surface area is 188 Å². The second-order valence-electron chi connectivity index (χ2n) is 6.99. The number of nitrogens with one attached hydrogen (secondary N) is 1. The van der Waals surface area contributed by atoms with E-state index in [1.54, 1.807) is 12.3 Å². The maximum Gasteiger partial charge on any atom is 0.234 e. The first-order valence-electron chi connectivity index (χ1n) is 9.66. The maximum atomic E-state index is 12.5. The number of hydrogen-bond donors (Lipinski definition) is 2. The Balaban J connectivity index is 1.56. The van der Waals surface area contributed by atoms with Gasteiger partial charge in [-0.05, 0) is 43.2 Å². The summed E-state index contributed by atoms with van der Waals surface area (Å²) in [6.45, 7) is 8.36. The number of benzene rings is 1. The number of rotatable bonds is 7. The van der Waals surface area contributed by atoms with Crippen LogP contribution in [0.15, 0.2) is 54.3 Å². The van der Waals surface area contributed by atoms with Crippen LogP contribution in [-0.2, 0) is 11.3 Å². The fourth-order valence-corrected chi connectivity index (χ4v) is 4.98. The molecule has 1 amide bonds. The highest BCUT2D eigenvalue weighted by atomic mass is 32.2. The molecule has 9 heteroatoms. The van der Waals surface area contributed by atoms with Crippen molar-refractivity contribution >= 4 is 50.6 Å². The SMILES string of the molecule is C=CCn1c(SCC(=O)Nc2cccc(C)c2C)nnc1-c1sc2ncccc2c1N. The summed E-state index contributed by atoms with van der Waals surface area (Å²) in [4.78, 5) is 18.6. The highest BCUT2D eigenvalue weighted by Gasteiger charge is 2.20. The molecule has 0 unspecified atom stereocenters. The molecule has 3 heterocycles. The summed E-state index contributed by atoms with van der Waals surface area (Å²) in [6.07, 6.45) is 3.52. The Morgan fingerprint density at radius 1 is 1.29 bits per heavy atom. The molecule has 0 aliphatic rings. The number of nitrogens with two attached hydrogens (primary N) is 1. The van der Waals surface area contributed by atoms with Gasteiger partial charge in [0.05, 0.1) is 16.3 Å². The van der Waals surface area contributed by atoms with E-state index in [4.69, 9.17) is 5.73 Å². The second-order valence-corrected chi connectivity index (χ2v) is 8.93. The van der Waals surface area contributed by atoms with Gasteiger partial charge >= 0.3 is 0 Å². The lowest BCUT2D eigenvalue weighted by atomic mass is 10.1. The van der Waals surface area contributed by atoms with Gasteiger partial charge in [-0.2, -0.15) is 0 Å². The second kappa shape index (κ2) is 8.91. The molecule has 0 bridgehead atoms. The van der Waals surface area contributed by atoms with Gasteiger partial charge in [0.1, 0.15) is 4.83 Å². The van der Waals surface area contributed by atoms with E-state index >= 15 is 0 Å². The minimum atomic E-state index is -0.0982. The first kappa shape index (κ1) is 21.1. The molecule has 0 fully saturated rings. The topological polar surface area (TPSA) is 98.7 Å². The zero-order valence-electron chi connectivity index (χ0n) is 17.3. The highest BCUT2D eigenvalue weighted by molar-refractivity contribution is 7.99. The van der Waals surface area contributed by atoms with E-state index in [1.807, 2.05) is 48.7 Å². The lowest BCUT2D eigenvalue weighted by Crippen LogP contribution is -2.15. The number of thiophene rings is 1. The summed E-state index contributed by atoms with van der Waals surface area (Å²) in [7, 11) is 0. The molecule has 0 saturated heterocycles. The third-order valence-corrected chi connectivity index (χ3v) is 7.04. The molecule has 31 heavy (non-hydrogen) atoms. The van der Waals surface area contributed by atoms with Crippen molar-refractivity contribution in [1.29, 1.82) is 0 Å². The van der Waals surface area contributed by atoms with E-state index < -0.39 is 0 Å². The number of fused-ring (bicyclic) bond motifs is 1. The van der Waals surface area contributed by atoms with E-state index in [2.05, 4.69) is 27.1 Å². The highest BCUT2D eigenvalue weighted by Crippen LogP contribution is 2.39. The van der Waals surface area contributed by atoms with Crippen molar-refractivity contribution in [2.45, 2.75) is 25.5 Å². The molecule has 4 aromatic rings. The minimum Gasteiger partial charge on any atom is -0.397 e. The van der Waals surface area contributed by atoms with Gasteiger partial charge in [0, 0.05) is 23.8 Å². The van der Waals surface area contributed by atoms with Gasteiger partial charge in [-0.15, -0.1) is 28.1 Å². The number of aromatic nitrogens is 4. The van der Waals surface area contributed by atoms with Crippen molar-refractivity contribution in [2.75, 3.05) is 16.8 Å². The smallest absolute Gasteiger partial charge is 0.234 e. The molecule has 0 saturated carbocycles. The number of nitrogen functional groups attached to an aromatic ring is 1. The Morgan fingerprint density at radius 3 is 2.90 bits per heavy atom. The number of carbonyl (C=O) groups is 1. The van der Waals surface area contributed by atoms with Crippen LogP contribution in [0.5, 0.6) is 0 Å². The standard InChI is InChI=1S/C22H22N6OS2/c1-4-11-28-20(19-18(23)15-8-6-10-24-21(15)31-19)26-27-22(28)30-12-17(29)25-16-9-5-7-13(2)14(16)3/h4-10H,1,11-12,23H2,2-3H3,(H,25,29). The third kappa shape index (κ3) is 4.19. The molecule has 0 aliphatic carbocycles. The van der Waals surface area contributed by atoms with Crippen LogP contribution in [0.4, 0.5) is 11.4 Å². The zero-order valence-corrected chi connectivity index (χ0v) is 18.9. The van der Waals surface area contributed by atoms with Crippen LogP contribution in [0, 0.1) is 13.8 Å². The summed E-state index contributed by atoms with van der Waals surface area (Å²) in [5.41, 5.74) is 10.0. The van der Waals surface area contributed by atoms with Crippen molar-refractivity contribution in [1.82, 2.24) is 19.7 Å². The fourth-order valence-electron chi connectivity index (χ4n) is 3.18. The quantitative estimate of drug-likeness (QED) is 0.314. The molecular formula is C22H22N6OS2.